The minimum atomic E-state index is -0.474. The van der Waals surface area contributed by atoms with Crippen LogP contribution in [-0.2, 0) is 17.8 Å². The van der Waals surface area contributed by atoms with Crippen LogP contribution in [0.3, 0.4) is 0 Å². The van der Waals surface area contributed by atoms with Gasteiger partial charge < -0.3 is 21.7 Å². The van der Waals surface area contributed by atoms with Crippen molar-refractivity contribution in [2.75, 3.05) is 24.1 Å². The number of fused-ring (bicyclic) bond motifs is 1. The SMILES string of the molecule is CCCCNc1nc(N)nc2c1CCN(C(=O)[C@@H](N)C(C)C)C2. The number of carbonyl (C=O) groups excluding carboxylic acids is 1. The zero-order valence-electron chi connectivity index (χ0n) is 14.3. The Morgan fingerprint density at radius 1 is 1.39 bits per heavy atom. The molecule has 5 N–H and O–H groups in total. The summed E-state index contributed by atoms with van der Waals surface area (Å²) in [7, 11) is 0. The first-order chi connectivity index (χ1) is 10.9. The van der Waals surface area contributed by atoms with Gasteiger partial charge in [-0.15, -0.1) is 0 Å². The third-order valence-electron chi connectivity index (χ3n) is 4.22. The highest BCUT2D eigenvalue weighted by molar-refractivity contribution is 5.82. The number of aromatic nitrogens is 2. The summed E-state index contributed by atoms with van der Waals surface area (Å²) in [5.74, 6) is 1.14. The average molecular weight is 320 g/mol. The maximum absolute atomic E-state index is 12.4. The number of nitrogens with zero attached hydrogens (tertiary/aromatic N) is 3. The van der Waals surface area contributed by atoms with E-state index in [0.29, 0.717) is 13.1 Å². The smallest absolute Gasteiger partial charge is 0.240 e. The van der Waals surface area contributed by atoms with E-state index in [-0.39, 0.29) is 17.8 Å². The molecule has 0 saturated carbocycles. The molecule has 2 rings (SSSR count). The quantitative estimate of drug-likeness (QED) is 0.678. The van der Waals surface area contributed by atoms with Crippen molar-refractivity contribution in [2.24, 2.45) is 11.7 Å². The minimum absolute atomic E-state index is 0.0247. The van der Waals surface area contributed by atoms with Crippen molar-refractivity contribution in [3.05, 3.63) is 11.3 Å². The molecule has 0 saturated heterocycles. The lowest BCUT2D eigenvalue weighted by atomic mass is 10.0. The summed E-state index contributed by atoms with van der Waals surface area (Å²) in [6.45, 7) is 8.01. The van der Waals surface area contributed by atoms with Crippen LogP contribution in [0, 0.1) is 5.92 Å². The lowest BCUT2D eigenvalue weighted by Crippen LogP contribution is -2.48. The highest BCUT2D eigenvalue weighted by atomic mass is 16.2. The maximum atomic E-state index is 12.4. The van der Waals surface area contributed by atoms with Crippen LogP contribution in [0.5, 0.6) is 0 Å². The van der Waals surface area contributed by atoms with Crippen LogP contribution in [-0.4, -0.2) is 39.9 Å². The largest absolute Gasteiger partial charge is 0.370 e. The molecule has 2 heterocycles. The number of nitrogens with one attached hydrogen (secondary N) is 1. The van der Waals surface area contributed by atoms with Crippen LogP contribution >= 0.6 is 0 Å². The summed E-state index contributed by atoms with van der Waals surface area (Å²) in [4.78, 5) is 22.9. The van der Waals surface area contributed by atoms with E-state index in [0.717, 1.165) is 42.9 Å². The summed E-state index contributed by atoms with van der Waals surface area (Å²) in [6, 6.07) is -0.474. The number of anilines is 2. The number of unbranched alkanes of at least 4 members (excludes halogenated alkanes) is 1. The Morgan fingerprint density at radius 2 is 2.13 bits per heavy atom. The van der Waals surface area contributed by atoms with E-state index in [1.807, 2.05) is 13.8 Å². The molecule has 128 valence electrons. The summed E-state index contributed by atoms with van der Waals surface area (Å²) in [5, 5.41) is 3.34. The molecule has 0 spiro atoms. The van der Waals surface area contributed by atoms with Gasteiger partial charge in [0, 0.05) is 18.7 Å². The van der Waals surface area contributed by atoms with E-state index in [4.69, 9.17) is 11.5 Å². The van der Waals surface area contributed by atoms with Crippen LogP contribution in [0.4, 0.5) is 11.8 Å². The van der Waals surface area contributed by atoms with Crippen LogP contribution < -0.4 is 16.8 Å². The Bertz CT molecular complexity index is 560. The van der Waals surface area contributed by atoms with Gasteiger partial charge >= 0.3 is 0 Å². The van der Waals surface area contributed by atoms with Gasteiger partial charge in [0.1, 0.15) is 5.82 Å². The van der Waals surface area contributed by atoms with Gasteiger partial charge in [-0.2, -0.15) is 4.98 Å². The van der Waals surface area contributed by atoms with Crippen molar-refractivity contribution in [3.8, 4) is 0 Å². The van der Waals surface area contributed by atoms with Gasteiger partial charge in [-0.05, 0) is 18.8 Å². The summed E-state index contributed by atoms with van der Waals surface area (Å²) in [5.41, 5.74) is 13.7. The average Bonchev–Trinajstić information content (AvgIpc) is 2.52. The van der Waals surface area contributed by atoms with Gasteiger partial charge in [0.15, 0.2) is 0 Å². The molecule has 1 atom stereocenters. The standard InChI is InChI=1S/C16H28N6O/c1-4-5-7-19-14-11-6-8-22(15(23)13(17)10(2)3)9-12(11)20-16(18)21-14/h10,13H,4-9,17H2,1-3H3,(H3,18,19,20,21)/t13-/m0/s1. The van der Waals surface area contributed by atoms with Crippen molar-refractivity contribution in [1.29, 1.82) is 0 Å². The molecule has 1 amide bonds. The minimum Gasteiger partial charge on any atom is -0.370 e. The van der Waals surface area contributed by atoms with E-state index in [9.17, 15) is 4.79 Å². The van der Waals surface area contributed by atoms with Gasteiger partial charge in [-0.3, -0.25) is 4.79 Å². The Balaban J connectivity index is 2.16. The number of hydrogen-bond acceptors (Lipinski definition) is 6. The second-order valence-electron chi connectivity index (χ2n) is 6.42. The summed E-state index contributed by atoms with van der Waals surface area (Å²) < 4.78 is 0. The lowest BCUT2D eigenvalue weighted by molar-refractivity contribution is -0.134. The molecule has 0 aliphatic carbocycles. The predicted octanol–water partition coefficient (Wildman–Crippen LogP) is 1.14. The summed E-state index contributed by atoms with van der Waals surface area (Å²) in [6.07, 6.45) is 2.91. The van der Waals surface area contributed by atoms with Gasteiger partial charge in [0.2, 0.25) is 11.9 Å². The predicted molar refractivity (Wildman–Crippen MR) is 91.8 cm³/mol. The lowest BCUT2D eigenvalue weighted by Gasteiger charge is -2.32. The first-order valence-electron chi connectivity index (χ1n) is 8.37. The third kappa shape index (κ3) is 4.10. The van der Waals surface area contributed by atoms with Crippen molar-refractivity contribution in [1.82, 2.24) is 14.9 Å². The van der Waals surface area contributed by atoms with Crippen molar-refractivity contribution in [3.63, 3.8) is 0 Å². The number of nitrogens with two attached hydrogens (primary N) is 2. The monoisotopic (exact) mass is 320 g/mol. The molecule has 1 aliphatic rings. The Hall–Kier alpha value is -1.89. The normalized spacial score (nSPS) is 15.4. The molecule has 1 aromatic heterocycles. The molecule has 23 heavy (non-hydrogen) atoms. The molecule has 7 heteroatoms. The van der Waals surface area contributed by atoms with Gasteiger partial charge in [-0.1, -0.05) is 27.2 Å². The molecule has 1 aliphatic heterocycles. The zero-order valence-corrected chi connectivity index (χ0v) is 14.3. The molecule has 0 bridgehead atoms. The molecular weight excluding hydrogens is 292 g/mol. The molecule has 0 unspecified atom stereocenters. The second kappa shape index (κ2) is 7.59. The van der Waals surface area contributed by atoms with E-state index < -0.39 is 6.04 Å². The van der Waals surface area contributed by atoms with Crippen LogP contribution in [0.2, 0.25) is 0 Å². The van der Waals surface area contributed by atoms with E-state index in [1.54, 1.807) is 4.90 Å². The maximum Gasteiger partial charge on any atom is 0.240 e. The number of rotatable bonds is 6. The van der Waals surface area contributed by atoms with Crippen LogP contribution in [0.1, 0.15) is 44.9 Å². The van der Waals surface area contributed by atoms with Crippen LogP contribution in [0.15, 0.2) is 0 Å². The molecule has 0 fully saturated rings. The zero-order chi connectivity index (χ0) is 17.0. The molecule has 0 radical (unpaired) electrons. The number of carbonyl (C=O) groups is 1. The molecule has 1 aromatic rings. The fourth-order valence-electron chi connectivity index (χ4n) is 2.66. The highest BCUT2D eigenvalue weighted by Crippen LogP contribution is 2.25. The van der Waals surface area contributed by atoms with Crippen molar-refractivity contribution in [2.45, 2.75) is 52.6 Å². The first kappa shape index (κ1) is 17.5. The van der Waals surface area contributed by atoms with E-state index in [1.165, 1.54) is 0 Å². The Morgan fingerprint density at radius 3 is 2.78 bits per heavy atom. The number of amides is 1. The van der Waals surface area contributed by atoms with E-state index in [2.05, 4.69) is 22.2 Å². The van der Waals surface area contributed by atoms with Gasteiger partial charge in [-0.25, -0.2) is 4.98 Å². The van der Waals surface area contributed by atoms with E-state index >= 15 is 0 Å². The third-order valence-corrected chi connectivity index (χ3v) is 4.22. The molecule has 7 nitrogen and oxygen atoms in total. The highest BCUT2D eigenvalue weighted by Gasteiger charge is 2.29. The number of hydrogen-bond donors (Lipinski definition) is 3. The molecular formula is C16H28N6O. The second-order valence-corrected chi connectivity index (χ2v) is 6.42. The molecule has 0 aromatic carbocycles. The first-order valence-corrected chi connectivity index (χ1v) is 8.37. The van der Waals surface area contributed by atoms with Crippen LogP contribution in [0.25, 0.3) is 0 Å². The van der Waals surface area contributed by atoms with Crippen molar-refractivity contribution >= 4 is 17.7 Å². The fraction of sp³-hybridized carbons (Fsp3) is 0.688. The fourth-order valence-corrected chi connectivity index (χ4v) is 2.66. The summed E-state index contributed by atoms with van der Waals surface area (Å²) >= 11 is 0. The number of nitrogen functional groups attached to an aromatic ring is 1. The van der Waals surface area contributed by atoms with Gasteiger partial charge in [0.25, 0.3) is 0 Å². The van der Waals surface area contributed by atoms with Gasteiger partial charge in [0.05, 0.1) is 18.3 Å². The van der Waals surface area contributed by atoms with Crippen molar-refractivity contribution < 1.29 is 4.79 Å². The topological polar surface area (TPSA) is 110 Å². The Kier molecular flexibility index (Phi) is 5.76. The Labute approximate surface area is 137 Å².